The molecule has 9 nitrogen and oxygen atoms in total. The van der Waals surface area contributed by atoms with Crippen LogP contribution in [0.1, 0.15) is 16.7 Å². The highest BCUT2D eigenvalue weighted by atomic mass is 16.5. The van der Waals surface area contributed by atoms with E-state index >= 15 is 0 Å². The second-order valence-electron chi connectivity index (χ2n) is 7.19. The molecule has 2 saturated heterocycles. The van der Waals surface area contributed by atoms with Gasteiger partial charge in [-0.15, -0.1) is 0 Å². The molecule has 1 N–H and O–H groups in total. The number of ether oxygens (including phenoxy) is 2. The molecule has 2 aliphatic heterocycles. The Hall–Kier alpha value is -2.78. The zero-order valence-corrected chi connectivity index (χ0v) is 17.0. The average molecular weight is 397 g/mol. The number of hydrogen-bond acceptors (Lipinski definition) is 9. The van der Waals surface area contributed by atoms with Gasteiger partial charge in [0.15, 0.2) is 0 Å². The van der Waals surface area contributed by atoms with Crippen LogP contribution in [0.4, 0.5) is 17.8 Å². The number of hydrazone groups is 1. The van der Waals surface area contributed by atoms with Crippen molar-refractivity contribution in [3.8, 4) is 0 Å². The van der Waals surface area contributed by atoms with Gasteiger partial charge in [0.1, 0.15) is 0 Å². The standard InChI is InChI=1S/C20H27N7O2/c1-15-3-4-17(16(2)13-15)14-21-25-18-22-19(26-5-9-28-10-6-26)24-20(23-18)27-7-11-29-12-8-27/h3-4,13-14H,5-12H2,1-2H3,(H,22,23,24,25)/b21-14-. The summed E-state index contributed by atoms with van der Waals surface area (Å²) in [6.45, 7) is 9.89. The van der Waals surface area contributed by atoms with Gasteiger partial charge in [0.2, 0.25) is 17.8 Å². The third-order valence-corrected chi connectivity index (χ3v) is 4.99. The minimum atomic E-state index is 0.434. The summed E-state index contributed by atoms with van der Waals surface area (Å²) in [4.78, 5) is 18.1. The largest absolute Gasteiger partial charge is 0.378 e. The summed E-state index contributed by atoms with van der Waals surface area (Å²) < 4.78 is 10.9. The summed E-state index contributed by atoms with van der Waals surface area (Å²) in [5, 5.41) is 4.36. The molecule has 0 radical (unpaired) electrons. The first-order valence-electron chi connectivity index (χ1n) is 9.97. The van der Waals surface area contributed by atoms with E-state index in [1.807, 2.05) is 0 Å². The number of morpholine rings is 2. The van der Waals surface area contributed by atoms with Gasteiger partial charge in [-0.3, -0.25) is 0 Å². The zero-order valence-electron chi connectivity index (χ0n) is 17.0. The summed E-state index contributed by atoms with van der Waals surface area (Å²) in [6, 6.07) is 6.27. The molecule has 0 saturated carbocycles. The maximum Gasteiger partial charge on any atom is 0.250 e. The van der Waals surface area contributed by atoms with Crippen molar-refractivity contribution >= 4 is 24.1 Å². The van der Waals surface area contributed by atoms with Crippen LogP contribution in [0.5, 0.6) is 0 Å². The fourth-order valence-electron chi connectivity index (χ4n) is 3.34. The molecule has 1 aromatic carbocycles. The van der Waals surface area contributed by atoms with Crippen LogP contribution in [0.2, 0.25) is 0 Å². The van der Waals surface area contributed by atoms with E-state index in [0.29, 0.717) is 44.3 Å². The molecule has 0 bridgehead atoms. The zero-order chi connectivity index (χ0) is 20.1. The first-order chi connectivity index (χ1) is 14.2. The van der Waals surface area contributed by atoms with Crippen molar-refractivity contribution in [3.63, 3.8) is 0 Å². The number of benzene rings is 1. The Morgan fingerprint density at radius 3 is 2.03 bits per heavy atom. The van der Waals surface area contributed by atoms with Gasteiger partial charge in [-0.25, -0.2) is 5.43 Å². The SMILES string of the molecule is Cc1ccc(/C=N\Nc2nc(N3CCOCC3)nc(N3CCOCC3)n2)c(C)c1. The van der Waals surface area contributed by atoms with Crippen LogP contribution < -0.4 is 15.2 Å². The minimum absolute atomic E-state index is 0.434. The van der Waals surface area contributed by atoms with Crippen molar-refractivity contribution in [3.05, 3.63) is 34.9 Å². The Bertz CT molecular complexity index is 826. The Labute approximate surface area is 170 Å². The first kappa shape index (κ1) is 19.5. The second-order valence-corrected chi connectivity index (χ2v) is 7.19. The van der Waals surface area contributed by atoms with E-state index < -0.39 is 0 Å². The maximum atomic E-state index is 5.45. The molecule has 0 spiro atoms. The molecule has 0 aliphatic carbocycles. The van der Waals surface area contributed by atoms with Gasteiger partial charge >= 0.3 is 0 Å². The fraction of sp³-hybridized carbons (Fsp3) is 0.500. The highest BCUT2D eigenvalue weighted by molar-refractivity contribution is 5.82. The summed E-state index contributed by atoms with van der Waals surface area (Å²) in [7, 11) is 0. The molecule has 2 fully saturated rings. The number of aryl methyl sites for hydroxylation is 2. The Kier molecular flexibility index (Phi) is 6.16. The van der Waals surface area contributed by atoms with Gasteiger partial charge in [-0.1, -0.05) is 23.8 Å². The van der Waals surface area contributed by atoms with E-state index in [4.69, 9.17) is 14.5 Å². The van der Waals surface area contributed by atoms with Crippen molar-refractivity contribution in [2.75, 3.05) is 67.8 Å². The third kappa shape index (κ3) is 4.99. The van der Waals surface area contributed by atoms with Crippen molar-refractivity contribution in [2.24, 2.45) is 5.10 Å². The van der Waals surface area contributed by atoms with Gasteiger partial charge in [-0.05, 0) is 25.0 Å². The fourth-order valence-corrected chi connectivity index (χ4v) is 3.34. The van der Waals surface area contributed by atoms with Crippen molar-refractivity contribution in [1.82, 2.24) is 15.0 Å². The highest BCUT2D eigenvalue weighted by Gasteiger charge is 2.20. The van der Waals surface area contributed by atoms with E-state index in [1.165, 1.54) is 11.1 Å². The van der Waals surface area contributed by atoms with Gasteiger partial charge in [0, 0.05) is 26.2 Å². The van der Waals surface area contributed by atoms with Crippen LogP contribution in [-0.2, 0) is 9.47 Å². The molecule has 2 aromatic rings. The predicted octanol–water partition coefficient (Wildman–Crippen LogP) is 1.61. The van der Waals surface area contributed by atoms with E-state index in [-0.39, 0.29) is 0 Å². The lowest BCUT2D eigenvalue weighted by molar-refractivity contribution is 0.121. The quantitative estimate of drug-likeness (QED) is 0.601. The van der Waals surface area contributed by atoms with E-state index in [9.17, 15) is 0 Å². The van der Waals surface area contributed by atoms with Gasteiger partial charge in [0.05, 0.1) is 32.6 Å². The summed E-state index contributed by atoms with van der Waals surface area (Å²) in [5.41, 5.74) is 6.45. The first-order valence-corrected chi connectivity index (χ1v) is 9.97. The van der Waals surface area contributed by atoms with Crippen LogP contribution >= 0.6 is 0 Å². The number of rotatable bonds is 5. The lowest BCUT2D eigenvalue weighted by Crippen LogP contribution is -2.40. The Morgan fingerprint density at radius 2 is 1.48 bits per heavy atom. The Morgan fingerprint density at radius 1 is 0.897 bits per heavy atom. The molecule has 1 aromatic heterocycles. The maximum absolute atomic E-state index is 5.45. The number of hydrogen-bond donors (Lipinski definition) is 1. The molecule has 154 valence electrons. The minimum Gasteiger partial charge on any atom is -0.378 e. The summed E-state index contributed by atoms with van der Waals surface area (Å²) >= 11 is 0. The van der Waals surface area contributed by atoms with Gasteiger partial charge in [-0.2, -0.15) is 20.1 Å². The highest BCUT2D eigenvalue weighted by Crippen LogP contribution is 2.19. The molecule has 2 aliphatic rings. The second kappa shape index (κ2) is 9.15. The summed E-state index contributed by atoms with van der Waals surface area (Å²) in [6.07, 6.45) is 1.79. The van der Waals surface area contributed by atoms with Crippen molar-refractivity contribution in [2.45, 2.75) is 13.8 Å². The lowest BCUT2D eigenvalue weighted by atomic mass is 10.1. The monoisotopic (exact) mass is 397 g/mol. The average Bonchev–Trinajstić information content (AvgIpc) is 2.76. The van der Waals surface area contributed by atoms with Crippen LogP contribution in [0.3, 0.4) is 0 Å². The molecular weight excluding hydrogens is 370 g/mol. The molecular formula is C20H27N7O2. The topological polar surface area (TPSA) is 88.0 Å². The third-order valence-electron chi connectivity index (χ3n) is 4.99. The van der Waals surface area contributed by atoms with Crippen LogP contribution in [0, 0.1) is 13.8 Å². The van der Waals surface area contributed by atoms with Crippen molar-refractivity contribution < 1.29 is 9.47 Å². The lowest BCUT2D eigenvalue weighted by Gasteiger charge is -2.30. The van der Waals surface area contributed by atoms with Crippen LogP contribution in [0.15, 0.2) is 23.3 Å². The molecule has 0 amide bonds. The van der Waals surface area contributed by atoms with E-state index in [2.05, 4.69) is 62.3 Å². The normalized spacial score (nSPS) is 17.7. The smallest absolute Gasteiger partial charge is 0.250 e. The van der Waals surface area contributed by atoms with Crippen molar-refractivity contribution in [1.29, 1.82) is 0 Å². The molecule has 3 heterocycles. The van der Waals surface area contributed by atoms with Crippen LogP contribution in [0.25, 0.3) is 0 Å². The van der Waals surface area contributed by atoms with E-state index in [0.717, 1.165) is 31.7 Å². The molecule has 0 atom stereocenters. The summed E-state index contributed by atoms with van der Waals surface area (Å²) in [5.74, 6) is 1.73. The van der Waals surface area contributed by atoms with Gasteiger partial charge in [0.25, 0.3) is 0 Å². The van der Waals surface area contributed by atoms with E-state index in [1.54, 1.807) is 6.21 Å². The van der Waals surface area contributed by atoms with Crippen LogP contribution in [-0.4, -0.2) is 73.8 Å². The number of nitrogens with zero attached hydrogens (tertiary/aromatic N) is 6. The molecule has 29 heavy (non-hydrogen) atoms. The Balaban J connectivity index is 1.56. The molecule has 9 heteroatoms. The number of aromatic nitrogens is 3. The molecule has 0 unspecified atom stereocenters. The number of anilines is 3. The predicted molar refractivity (Wildman–Crippen MR) is 113 cm³/mol. The van der Waals surface area contributed by atoms with Gasteiger partial charge < -0.3 is 19.3 Å². The number of nitrogens with one attached hydrogen (secondary N) is 1. The molecule has 4 rings (SSSR count).